The Balaban J connectivity index is 0.00000462. The van der Waals surface area contributed by atoms with E-state index < -0.39 is 17.4 Å². The number of amides is 1. The zero-order valence-corrected chi connectivity index (χ0v) is 25.7. The minimum atomic E-state index is -1.03. The lowest BCUT2D eigenvalue weighted by Crippen LogP contribution is -2.56. The number of nitrogens with zero attached hydrogens (tertiary/aromatic N) is 2. The van der Waals surface area contributed by atoms with E-state index in [1.54, 1.807) is 12.1 Å². The maximum absolute atomic E-state index is 13.6. The highest BCUT2D eigenvalue weighted by Gasteiger charge is 2.42. The average Bonchev–Trinajstić information content (AvgIpc) is 2.96. The summed E-state index contributed by atoms with van der Waals surface area (Å²) in [6, 6.07) is 17.2. The van der Waals surface area contributed by atoms with Crippen LogP contribution in [-0.4, -0.2) is 61.7 Å². The number of aromatic nitrogens is 1. The molecule has 1 heterocycles. The first kappa shape index (κ1) is 32.4. The number of methoxy groups -OCH3 is 1. The number of halogens is 2. The number of carbonyl (C=O) groups is 2. The van der Waals surface area contributed by atoms with Crippen LogP contribution in [0, 0.1) is 6.92 Å². The molecule has 4 rings (SSSR count). The van der Waals surface area contributed by atoms with Crippen LogP contribution in [0.5, 0.6) is 5.75 Å². The van der Waals surface area contributed by atoms with Gasteiger partial charge in [0.15, 0.2) is 0 Å². The molecule has 1 aliphatic carbocycles. The number of aryl methyl sites for hydroxylation is 1. The quantitative estimate of drug-likeness (QED) is 0.205. The standard InChI is InChI=1S/C32H38ClN3O4.ClH/c1-22-11-6-7-12-24(22)25-14-16-27(30(37)35-32(31(38)39-4)17-8-5-9-18-32)34-29(25)23-13-15-26(33)28(21-23)40-20-10-19-36(2)3;/h6-7,11-16,21H,5,8-10,17-20H2,1-4H3,(H,35,37);1H. The first-order chi connectivity index (χ1) is 19.2. The lowest BCUT2D eigenvalue weighted by atomic mass is 9.81. The molecule has 1 amide bonds. The van der Waals surface area contributed by atoms with Crippen molar-refractivity contribution in [3.05, 3.63) is 70.9 Å². The Bertz CT molecular complexity index is 1360. The molecule has 1 N–H and O–H groups in total. The van der Waals surface area contributed by atoms with E-state index in [1.807, 2.05) is 63.5 Å². The van der Waals surface area contributed by atoms with Crippen molar-refractivity contribution in [3.63, 3.8) is 0 Å². The third-order valence-corrected chi connectivity index (χ3v) is 7.72. The molecule has 1 aromatic heterocycles. The number of hydrogen-bond donors (Lipinski definition) is 1. The molecule has 0 aliphatic heterocycles. The zero-order valence-electron chi connectivity index (χ0n) is 24.2. The third kappa shape index (κ3) is 7.79. The van der Waals surface area contributed by atoms with Crippen LogP contribution in [0.2, 0.25) is 5.02 Å². The number of benzene rings is 2. The third-order valence-electron chi connectivity index (χ3n) is 7.41. The summed E-state index contributed by atoms with van der Waals surface area (Å²) in [4.78, 5) is 33.3. The van der Waals surface area contributed by atoms with Gasteiger partial charge in [-0.25, -0.2) is 9.78 Å². The summed E-state index contributed by atoms with van der Waals surface area (Å²) >= 11 is 6.49. The molecule has 0 bridgehead atoms. The topological polar surface area (TPSA) is 80.8 Å². The second-order valence-electron chi connectivity index (χ2n) is 10.6. The summed E-state index contributed by atoms with van der Waals surface area (Å²) in [7, 11) is 5.41. The van der Waals surface area contributed by atoms with Crippen LogP contribution in [0.15, 0.2) is 54.6 Å². The van der Waals surface area contributed by atoms with E-state index in [9.17, 15) is 9.59 Å². The smallest absolute Gasteiger partial charge is 0.331 e. The van der Waals surface area contributed by atoms with E-state index in [2.05, 4.69) is 10.2 Å². The van der Waals surface area contributed by atoms with Crippen molar-refractivity contribution in [3.8, 4) is 28.1 Å². The Labute approximate surface area is 254 Å². The molecular weight excluding hydrogens is 561 g/mol. The highest BCUT2D eigenvalue weighted by molar-refractivity contribution is 6.32. The maximum atomic E-state index is 13.6. The second kappa shape index (κ2) is 14.7. The molecule has 9 heteroatoms. The number of esters is 1. The largest absolute Gasteiger partial charge is 0.492 e. The van der Waals surface area contributed by atoms with Crippen molar-refractivity contribution in [2.24, 2.45) is 0 Å². The van der Waals surface area contributed by atoms with E-state index in [0.717, 1.165) is 54.5 Å². The van der Waals surface area contributed by atoms with Crippen molar-refractivity contribution in [2.75, 3.05) is 34.4 Å². The van der Waals surface area contributed by atoms with Crippen molar-refractivity contribution in [2.45, 2.75) is 51.0 Å². The minimum absolute atomic E-state index is 0. The Morgan fingerprint density at radius 3 is 2.44 bits per heavy atom. The Hall–Kier alpha value is -3.13. The van der Waals surface area contributed by atoms with Crippen molar-refractivity contribution in [1.82, 2.24) is 15.2 Å². The van der Waals surface area contributed by atoms with Gasteiger partial charge in [0, 0.05) is 17.7 Å². The molecular formula is C32H39Cl2N3O4. The summed E-state index contributed by atoms with van der Waals surface area (Å²) in [5, 5.41) is 3.50. The molecule has 0 saturated heterocycles. The molecule has 0 radical (unpaired) electrons. The van der Waals surface area contributed by atoms with Crippen molar-refractivity contribution < 1.29 is 19.1 Å². The monoisotopic (exact) mass is 599 g/mol. The molecule has 2 aromatic carbocycles. The van der Waals surface area contributed by atoms with E-state index in [4.69, 9.17) is 26.1 Å². The van der Waals surface area contributed by atoms with Gasteiger partial charge in [0.1, 0.15) is 17.0 Å². The fraction of sp³-hybridized carbons (Fsp3) is 0.406. The summed E-state index contributed by atoms with van der Waals surface area (Å²) in [5.41, 5.74) is 3.59. The Kier molecular flexibility index (Phi) is 11.6. The minimum Gasteiger partial charge on any atom is -0.492 e. The number of hydrogen-bond acceptors (Lipinski definition) is 6. The van der Waals surface area contributed by atoms with Crippen LogP contribution in [0.1, 0.15) is 54.6 Å². The van der Waals surface area contributed by atoms with Gasteiger partial charge < -0.3 is 19.7 Å². The highest BCUT2D eigenvalue weighted by Crippen LogP contribution is 2.37. The van der Waals surface area contributed by atoms with Gasteiger partial charge in [0.25, 0.3) is 5.91 Å². The van der Waals surface area contributed by atoms with Gasteiger partial charge in [0.05, 0.1) is 24.4 Å². The highest BCUT2D eigenvalue weighted by atomic mass is 35.5. The molecule has 3 aromatic rings. The van der Waals surface area contributed by atoms with Crippen LogP contribution in [0.3, 0.4) is 0 Å². The fourth-order valence-electron chi connectivity index (χ4n) is 5.23. The van der Waals surface area contributed by atoms with Crippen molar-refractivity contribution >= 4 is 35.9 Å². The molecule has 7 nitrogen and oxygen atoms in total. The fourth-order valence-corrected chi connectivity index (χ4v) is 5.41. The summed E-state index contributed by atoms with van der Waals surface area (Å²) < 4.78 is 11.1. The van der Waals surface area contributed by atoms with E-state index in [1.165, 1.54) is 7.11 Å². The molecule has 41 heavy (non-hydrogen) atoms. The predicted octanol–water partition coefficient (Wildman–Crippen LogP) is 6.74. The number of pyridine rings is 1. The van der Waals surface area contributed by atoms with Gasteiger partial charge in [0.2, 0.25) is 0 Å². The lowest BCUT2D eigenvalue weighted by Gasteiger charge is -2.35. The molecule has 1 fully saturated rings. The maximum Gasteiger partial charge on any atom is 0.331 e. The lowest BCUT2D eigenvalue weighted by molar-refractivity contribution is -0.149. The zero-order chi connectivity index (χ0) is 28.7. The van der Waals surface area contributed by atoms with Crippen molar-refractivity contribution in [1.29, 1.82) is 0 Å². The van der Waals surface area contributed by atoms with Crippen LogP contribution in [0.4, 0.5) is 0 Å². The predicted molar refractivity (Wildman–Crippen MR) is 166 cm³/mol. The van der Waals surface area contributed by atoms with Crippen LogP contribution in [0.25, 0.3) is 22.4 Å². The normalized spacial score (nSPS) is 14.2. The number of nitrogens with one attached hydrogen (secondary N) is 1. The van der Waals surface area contributed by atoms with Crippen LogP contribution in [-0.2, 0) is 9.53 Å². The second-order valence-corrected chi connectivity index (χ2v) is 11.1. The van der Waals surface area contributed by atoms with Gasteiger partial charge in [-0.05, 0) is 75.7 Å². The SMILES string of the molecule is COC(=O)C1(NC(=O)c2ccc(-c3ccccc3C)c(-c3ccc(Cl)c(OCCCN(C)C)c3)n2)CCCCC1.Cl. The Morgan fingerprint density at radius 2 is 1.76 bits per heavy atom. The number of ether oxygens (including phenoxy) is 2. The molecule has 1 aliphatic rings. The molecule has 220 valence electrons. The van der Waals surface area contributed by atoms with Gasteiger partial charge in [-0.1, -0.05) is 61.2 Å². The van der Waals surface area contributed by atoms with Crippen LogP contribution < -0.4 is 10.1 Å². The van der Waals surface area contributed by atoms with Gasteiger partial charge >= 0.3 is 5.97 Å². The summed E-state index contributed by atoms with van der Waals surface area (Å²) in [6.45, 7) is 3.47. The van der Waals surface area contributed by atoms with E-state index in [-0.39, 0.29) is 18.1 Å². The molecule has 0 unspecified atom stereocenters. The van der Waals surface area contributed by atoms with Gasteiger partial charge in [-0.2, -0.15) is 0 Å². The van der Waals surface area contributed by atoms with Crippen LogP contribution >= 0.6 is 24.0 Å². The first-order valence-corrected chi connectivity index (χ1v) is 14.2. The van der Waals surface area contributed by atoms with E-state index >= 15 is 0 Å². The summed E-state index contributed by atoms with van der Waals surface area (Å²) in [5.74, 6) is -0.248. The number of carbonyl (C=O) groups excluding carboxylic acids is 2. The molecule has 0 spiro atoms. The van der Waals surface area contributed by atoms with E-state index in [0.29, 0.717) is 35.9 Å². The molecule has 1 saturated carbocycles. The molecule has 0 atom stereocenters. The average molecular weight is 601 g/mol. The summed E-state index contributed by atoms with van der Waals surface area (Å²) in [6.07, 6.45) is 4.68. The number of rotatable bonds is 10. The first-order valence-electron chi connectivity index (χ1n) is 13.8. The van der Waals surface area contributed by atoms with Gasteiger partial charge in [-0.15, -0.1) is 12.4 Å². The Morgan fingerprint density at radius 1 is 1.02 bits per heavy atom. The van der Waals surface area contributed by atoms with Gasteiger partial charge in [-0.3, -0.25) is 4.79 Å².